The molecule has 1 rings (SSSR count). The van der Waals surface area contributed by atoms with E-state index in [1.54, 1.807) is 0 Å². The zero-order valence-electron chi connectivity index (χ0n) is 5.68. The smallest absolute Gasteiger partial charge is 0.407 e. The van der Waals surface area contributed by atoms with Crippen molar-refractivity contribution in [3.63, 3.8) is 0 Å². The van der Waals surface area contributed by atoms with Gasteiger partial charge in [0, 0.05) is 0 Å². The first-order valence-corrected chi connectivity index (χ1v) is 3.21. The van der Waals surface area contributed by atoms with Gasteiger partial charge in [-0.2, -0.15) is 0 Å². The highest BCUT2D eigenvalue weighted by Crippen LogP contribution is 2.09. The summed E-state index contributed by atoms with van der Waals surface area (Å²) in [5, 5.41) is 2.69. The third kappa shape index (κ3) is 1.15. The number of cyclic esters (lactones) is 1. The number of carbonyl (C=O) groups is 1. The second-order valence-corrected chi connectivity index (χ2v) is 2.27. The van der Waals surface area contributed by atoms with Crippen LogP contribution in [0, 0.1) is 0 Å². The molecule has 0 spiro atoms. The Balaban J connectivity index is 2.47. The first-order valence-electron chi connectivity index (χ1n) is 3.21. The molecule has 52 valence electrons. The van der Waals surface area contributed by atoms with Crippen LogP contribution >= 0.6 is 0 Å². The molecule has 0 bridgehead atoms. The maximum atomic E-state index is 10.5. The van der Waals surface area contributed by atoms with Crippen molar-refractivity contribution in [1.29, 1.82) is 0 Å². The molecule has 3 heteroatoms. The molecule has 1 aliphatic heterocycles. The Morgan fingerprint density at radius 3 is 2.67 bits per heavy atom. The number of nitrogens with one attached hydrogen (secondary N) is 1. The van der Waals surface area contributed by atoms with E-state index in [2.05, 4.69) is 5.32 Å². The number of alkyl carbamates (subject to hydrolysis) is 1. The van der Waals surface area contributed by atoms with E-state index in [1.807, 2.05) is 13.8 Å². The number of hydrogen-bond acceptors (Lipinski definition) is 2. The maximum absolute atomic E-state index is 10.5. The minimum Gasteiger partial charge on any atom is -0.444 e. The van der Waals surface area contributed by atoms with E-state index >= 15 is 0 Å². The van der Waals surface area contributed by atoms with Crippen molar-refractivity contribution in [3.05, 3.63) is 0 Å². The van der Waals surface area contributed by atoms with Gasteiger partial charge in [0.15, 0.2) is 0 Å². The van der Waals surface area contributed by atoms with Crippen LogP contribution in [0.2, 0.25) is 0 Å². The highest BCUT2D eigenvalue weighted by Gasteiger charge is 2.28. The molecular formula is C6H11NO2. The molecule has 0 aromatic carbocycles. The molecule has 0 aromatic rings. The quantitative estimate of drug-likeness (QED) is 0.571. The molecule has 2 unspecified atom stereocenters. The average Bonchev–Trinajstić information content (AvgIpc) is 2.10. The van der Waals surface area contributed by atoms with Crippen LogP contribution in [0.3, 0.4) is 0 Å². The van der Waals surface area contributed by atoms with Crippen LogP contribution in [0.25, 0.3) is 0 Å². The predicted octanol–water partition coefficient (Wildman–Crippen LogP) is 0.893. The van der Waals surface area contributed by atoms with Crippen molar-refractivity contribution >= 4 is 6.09 Å². The monoisotopic (exact) mass is 129 g/mol. The van der Waals surface area contributed by atoms with Crippen molar-refractivity contribution in [3.8, 4) is 0 Å². The van der Waals surface area contributed by atoms with E-state index in [0.717, 1.165) is 6.42 Å². The van der Waals surface area contributed by atoms with Crippen molar-refractivity contribution < 1.29 is 9.53 Å². The van der Waals surface area contributed by atoms with Gasteiger partial charge in [0.2, 0.25) is 0 Å². The second kappa shape index (κ2) is 2.25. The number of rotatable bonds is 1. The lowest BCUT2D eigenvalue weighted by molar-refractivity contribution is 0.141. The fourth-order valence-corrected chi connectivity index (χ4v) is 0.988. The lowest BCUT2D eigenvalue weighted by Crippen LogP contribution is -2.28. The molecule has 0 aromatic heterocycles. The summed E-state index contributed by atoms with van der Waals surface area (Å²) in [6.07, 6.45) is 0.698. The van der Waals surface area contributed by atoms with Gasteiger partial charge in [0.05, 0.1) is 6.04 Å². The molecule has 2 atom stereocenters. The lowest BCUT2D eigenvalue weighted by atomic mass is 10.1. The zero-order valence-corrected chi connectivity index (χ0v) is 5.68. The Labute approximate surface area is 54.4 Å². The zero-order chi connectivity index (χ0) is 6.85. The van der Waals surface area contributed by atoms with Crippen molar-refractivity contribution in [2.45, 2.75) is 32.4 Å². The van der Waals surface area contributed by atoms with Gasteiger partial charge in [-0.3, -0.25) is 0 Å². The molecular weight excluding hydrogens is 118 g/mol. The second-order valence-electron chi connectivity index (χ2n) is 2.27. The van der Waals surface area contributed by atoms with E-state index in [1.165, 1.54) is 0 Å². The third-order valence-corrected chi connectivity index (χ3v) is 1.60. The number of hydrogen-bond donors (Lipinski definition) is 1. The highest BCUT2D eigenvalue weighted by molar-refractivity contribution is 5.70. The van der Waals surface area contributed by atoms with Crippen molar-refractivity contribution in [2.75, 3.05) is 0 Å². The van der Waals surface area contributed by atoms with Gasteiger partial charge in [-0.1, -0.05) is 6.92 Å². The van der Waals surface area contributed by atoms with Gasteiger partial charge in [-0.05, 0) is 13.3 Å². The standard InChI is InChI=1S/C6H11NO2/c1-3-5-4(2)9-6(8)7-5/h4-5H,3H2,1-2H3,(H,7,8). The largest absolute Gasteiger partial charge is 0.444 e. The number of amides is 1. The topological polar surface area (TPSA) is 38.3 Å². The van der Waals surface area contributed by atoms with E-state index in [9.17, 15) is 4.79 Å². The molecule has 3 nitrogen and oxygen atoms in total. The van der Waals surface area contributed by atoms with Crippen LogP contribution in [0.15, 0.2) is 0 Å². The number of ether oxygens (including phenoxy) is 1. The van der Waals surface area contributed by atoms with Crippen LogP contribution in [-0.2, 0) is 4.74 Å². The number of carbonyl (C=O) groups excluding carboxylic acids is 1. The molecule has 0 aliphatic carbocycles. The molecule has 1 amide bonds. The van der Waals surface area contributed by atoms with Gasteiger partial charge >= 0.3 is 6.09 Å². The van der Waals surface area contributed by atoms with Gasteiger partial charge in [0.1, 0.15) is 6.10 Å². The molecule has 0 radical (unpaired) electrons. The van der Waals surface area contributed by atoms with Gasteiger partial charge < -0.3 is 10.1 Å². The summed E-state index contributed by atoms with van der Waals surface area (Å²) in [6.45, 7) is 3.92. The Kier molecular flexibility index (Phi) is 1.60. The molecule has 1 saturated heterocycles. The van der Waals surface area contributed by atoms with Crippen molar-refractivity contribution in [2.24, 2.45) is 0 Å². The van der Waals surface area contributed by atoms with Gasteiger partial charge in [0.25, 0.3) is 0 Å². The van der Waals surface area contributed by atoms with E-state index in [-0.39, 0.29) is 18.2 Å². The summed E-state index contributed by atoms with van der Waals surface area (Å²) in [5.74, 6) is 0. The third-order valence-electron chi connectivity index (χ3n) is 1.60. The Morgan fingerprint density at radius 2 is 2.44 bits per heavy atom. The average molecular weight is 129 g/mol. The molecule has 9 heavy (non-hydrogen) atoms. The predicted molar refractivity (Wildman–Crippen MR) is 33.2 cm³/mol. The Hall–Kier alpha value is -0.730. The van der Waals surface area contributed by atoms with Crippen molar-refractivity contribution in [1.82, 2.24) is 5.32 Å². The molecule has 1 heterocycles. The van der Waals surface area contributed by atoms with E-state index in [0.29, 0.717) is 0 Å². The Morgan fingerprint density at radius 1 is 1.78 bits per heavy atom. The summed E-state index contributed by atoms with van der Waals surface area (Å²) < 4.78 is 4.81. The summed E-state index contributed by atoms with van der Waals surface area (Å²) in [4.78, 5) is 10.5. The summed E-state index contributed by atoms with van der Waals surface area (Å²) >= 11 is 0. The lowest BCUT2D eigenvalue weighted by Gasteiger charge is -2.07. The van der Waals surface area contributed by atoms with Crippen LogP contribution in [0.5, 0.6) is 0 Å². The minimum absolute atomic E-state index is 0.0440. The van der Waals surface area contributed by atoms with Crippen LogP contribution in [-0.4, -0.2) is 18.2 Å². The molecule has 0 saturated carbocycles. The Bertz CT molecular complexity index is 124. The summed E-state index contributed by atoms with van der Waals surface area (Å²) in [7, 11) is 0. The first-order chi connectivity index (χ1) is 4.24. The minimum atomic E-state index is -0.283. The van der Waals surface area contributed by atoms with Crippen LogP contribution in [0.1, 0.15) is 20.3 Å². The van der Waals surface area contributed by atoms with E-state index < -0.39 is 0 Å². The van der Waals surface area contributed by atoms with Crippen LogP contribution < -0.4 is 5.32 Å². The summed E-state index contributed by atoms with van der Waals surface area (Å²) in [5.41, 5.74) is 0. The fourth-order valence-electron chi connectivity index (χ4n) is 0.988. The normalized spacial score (nSPS) is 33.8. The SMILES string of the molecule is CCC1NC(=O)OC1C. The van der Waals surface area contributed by atoms with E-state index in [4.69, 9.17) is 4.74 Å². The first kappa shape index (κ1) is 6.39. The van der Waals surface area contributed by atoms with Crippen LogP contribution in [0.4, 0.5) is 4.79 Å². The maximum Gasteiger partial charge on any atom is 0.407 e. The van der Waals surface area contributed by atoms with Gasteiger partial charge in [-0.15, -0.1) is 0 Å². The van der Waals surface area contributed by atoms with Gasteiger partial charge in [-0.25, -0.2) is 4.79 Å². The molecule has 1 fully saturated rings. The summed E-state index contributed by atoms with van der Waals surface area (Å²) in [6, 6.07) is 0.220. The molecule has 1 N–H and O–H groups in total. The highest BCUT2D eigenvalue weighted by atomic mass is 16.6. The molecule has 1 aliphatic rings. The fraction of sp³-hybridized carbons (Fsp3) is 0.833.